The number of hydrogen-bond donors (Lipinski definition) is 2. The molecule has 6 nitrogen and oxygen atoms in total. The number of benzene rings is 1. The highest BCUT2D eigenvalue weighted by atomic mass is 16.1. The molecule has 2 N–H and O–H groups in total. The van der Waals surface area contributed by atoms with E-state index in [4.69, 9.17) is 0 Å². The van der Waals surface area contributed by atoms with E-state index in [9.17, 15) is 4.79 Å². The molecule has 4 aromatic rings. The Bertz CT molecular complexity index is 983. The molecule has 0 aliphatic heterocycles. The molecule has 3 heterocycles. The number of hydrogen-bond acceptors (Lipinski definition) is 4. The third-order valence-electron chi connectivity index (χ3n) is 3.52. The molecular weight excluding hydrogens is 278 g/mol. The summed E-state index contributed by atoms with van der Waals surface area (Å²) in [7, 11) is 0. The Kier molecular flexibility index (Phi) is 2.79. The third-order valence-corrected chi connectivity index (χ3v) is 3.52. The van der Waals surface area contributed by atoms with E-state index in [-0.39, 0.29) is 5.69 Å². The Labute approximate surface area is 124 Å². The van der Waals surface area contributed by atoms with Gasteiger partial charge in [-0.15, -0.1) is 0 Å². The lowest BCUT2D eigenvalue weighted by Gasteiger charge is -2.00. The van der Waals surface area contributed by atoms with E-state index in [0.717, 1.165) is 33.3 Å². The number of aromatic nitrogens is 5. The van der Waals surface area contributed by atoms with Gasteiger partial charge >= 0.3 is 5.69 Å². The van der Waals surface area contributed by atoms with Gasteiger partial charge in [0, 0.05) is 40.1 Å². The van der Waals surface area contributed by atoms with E-state index >= 15 is 0 Å². The van der Waals surface area contributed by atoms with Crippen LogP contribution in [0.2, 0.25) is 0 Å². The maximum Gasteiger partial charge on any atom is 0.344 e. The molecule has 0 saturated heterocycles. The van der Waals surface area contributed by atoms with Gasteiger partial charge in [0.2, 0.25) is 0 Å². The summed E-state index contributed by atoms with van der Waals surface area (Å²) in [5, 5.41) is 8.76. The molecule has 1 aromatic carbocycles. The first-order valence-corrected chi connectivity index (χ1v) is 6.74. The summed E-state index contributed by atoms with van der Waals surface area (Å²) in [5.74, 6) is 0. The predicted octanol–water partition coefficient (Wildman–Crippen LogP) is 2.38. The molecule has 0 radical (unpaired) electrons. The van der Waals surface area contributed by atoms with Crippen molar-refractivity contribution in [2.75, 3.05) is 0 Å². The average molecular weight is 289 g/mol. The van der Waals surface area contributed by atoms with Crippen molar-refractivity contribution in [1.82, 2.24) is 25.1 Å². The zero-order chi connectivity index (χ0) is 14.9. The minimum atomic E-state index is -0.348. The minimum absolute atomic E-state index is 0.348. The zero-order valence-electron chi connectivity index (χ0n) is 11.4. The van der Waals surface area contributed by atoms with Crippen LogP contribution in [0.3, 0.4) is 0 Å². The normalized spacial score (nSPS) is 10.9. The quantitative estimate of drug-likeness (QED) is 0.593. The highest BCUT2D eigenvalue weighted by molar-refractivity contribution is 5.89. The fraction of sp³-hybridized carbons (Fsp3) is 0. The molecule has 0 fully saturated rings. The number of H-pyrrole nitrogens is 2. The van der Waals surface area contributed by atoms with Crippen LogP contribution in [-0.2, 0) is 0 Å². The van der Waals surface area contributed by atoms with E-state index in [1.165, 1.54) is 0 Å². The van der Waals surface area contributed by atoms with Crippen LogP contribution in [-0.4, -0.2) is 25.1 Å². The number of rotatable bonds is 2. The first kappa shape index (κ1) is 12.5. The summed E-state index contributed by atoms with van der Waals surface area (Å²) < 4.78 is 0. The molecular formula is C16H11N5O. The Morgan fingerprint density at radius 2 is 1.86 bits per heavy atom. The van der Waals surface area contributed by atoms with Crippen LogP contribution < -0.4 is 5.69 Å². The van der Waals surface area contributed by atoms with Crippen LogP contribution in [0.25, 0.3) is 33.3 Å². The molecule has 0 saturated carbocycles. The maximum atomic E-state index is 11.0. The second kappa shape index (κ2) is 4.92. The Balaban J connectivity index is 1.81. The second-order valence-electron chi connectivity index (χ2n) is 4.92. The first-order valence-electron chi connectivity index (χ1n) is 6.74. The van der Waals surface area contributed by atoms with Gasteiger partial charge in [0.15, 0.2) is 0 Å². The van der Waals surface area contributed by atoms with Crippen molar-refractivity contribution in [3.05, 3.63) is 65.6 Å². The van der Waals surface area contributed by atoms with Gasteiger partial charge in [-0.2, -0.15) is 10.2 Å². The van der Waals surface area contributed by atoms with Crippen LogP contribution in [0.15, 0.2) is 59.9 Å². The van der Waals surface area contributed by atoms with E-state index < -0.39 is 0 Å². The van der Waals surface area contributed by atoms with E-state index in [2.05, 4.69) is 37.3 Å². The molecule has 0 atom stereocenters. The SMILES string of the molecule is O=c1ncc(-c2ccc3[nH]c(-c4ccnnc4)cc3c2)c[nH]1. The highest BCUT2D eigenvalue weighted by Gasteiger charge is 2.06. The number of aromatic amines is 2. The minimum Gasteiger partial charge on any atom is -0.354 e. The largest absolute Gasteiger partial charge is 0.354 e. The molecule has 106 valence electrons. The van der Waals surface area contributed by atoms with Gasteiger partial charge in [-0.3, -0.25) is 0 Å². The summed E-state index contributed by atoms with van der Waals surface area (Å²) >= 11 is 0. The molecule has 0 aliphatic rings. The van der Waals surface area contributed by atoms with Crippen molar-refractivity contribution in [2.45, 2.75) is 0 Å². The molecule has 0 bridgehead atoms. The lowest BCUT2D eigenvalue weighted by molar-refractivity contribution is 1.03. The van der Waals surface area contributed by atoms with Crippen LogP contribution in [0.4, 0.5) is 0 Å². The van der Waals surface area contributed by atoms with E-state index in [0.29, 0.717) is 0 Å². The molecule has 22 heavy (non-hydrogen) atoms. The van der Waals surface area contributed by atoms with Crippen LogP contribution in [0.5, 0.6) is 0 Å². The van der Waals surface area contributed by atoms with Crippen molar-refractivity contribution in [1.29, 1.82) is 0 Å². The fourth-order valence-corrected chi connectivity index (χ4v) is 2.42. The Hall–Kier alpha value is -3.28. The van der Waals surface area contributed by atoms with Gasteiger partial charge in [0.05, 0.1) is 12.4 Å². The number of nitrogens with one attached hydrogen (secondary N) is 2. The molecule has 0 amide bonds. The summed E-state index contributed by atoms with van der Waals surface area (Å²) in [5.41, 5.74) is 4.52. The van der Waals surface area contributed by atoms with Gasteiger partial charge in [0.25, 0.3) is 0 Å². The van der Waals surface area contributed by atoms with Crippen molar-refractivity contribution in [2.24, 2.45) is 0 Å². The molecule has 0 aliphatic carbocycles. The van der Waals surface area contributed by atoms with Crippen molar-refractivity contribution >= 4 is 10.9 Å². The van der Waals surface area contributed by atoms with Crippen molar-refractivity contribution in [3.63, 3.8) is 0 Å². The fourth-order valence-electron chi connectivity index (χ4n) is 2.42. The number of fused-ring (bicyclic) bond motifs is 1. The Morgan fingerprint density at radius 1 is 0.909 bits per heavy atom. The summed E-state index contributed by atoms with van der Waals surface area (Å²) in [4.78, 5) is 20.7. The Morgan fingerprint density at radius 3 is 2.64 bits per heavy atom. The van der Waals surface area contributed by atoms with Crippen LogP contribution in [0, 0.1) is 0 Å². The van der Waals surface area contributed by atoms with Crippen molar-refractivity contribution in [3.8, 4) is 22.4 Å². The van der Waals surface area contributed by atoms with Gasteiger partial charge in [-0.1, -0.05) is 6.07 Å². The van der Waals surface area contributed by atoms with Gasteiger partial charge in [0.1, 0.15) is 0 Å². The lowest BCUT2D eigenvalue weighted by atomic mass is 10.1. The number of nitrogens with zero attached hydrogens (tertiary/aromatic N) is 3. The molecule has 0 spiro atoms. The van der Waals surface area contributed by atoms with Gasteiger partial charge in [-0.05, 0) is 29.8 Å². The van der Waals surface area contributed by atoms with Gasteiger partial charge in [-0.25, -0.2) is 9.78 Å². The topological polar surface area (TPSA) is 87.3 Å². The first-order chi connectivity index (χ1) is 10.8. The third kappa shape index (κ3) is 2.16. The zero-order valence-corrected chi connectivity index (χ0v) is 11.4. The monoisotopic (exact) mass is 289 g/mol. The summed E-state index contributed by atoms with van der Waals surface area (Å²) in [6, 6.07) is 10.0. The predicted molar refractivity (Wildman–Crippen MR) is 83.2 cm³/mol. The standard InChI is InChI=1S/C16H11N5O/c22-16-17-7-13(8-18-16)10-1-2-14-12(5-10)6-15(21-14)11-3-4-19-20-9-11/h1-9,21H,(H,17,18,22). The van der Waals surface area contributed by atoms with Crippen LogP contribution in [0.1, 0.15) is 0 Å². The van der Waals surface area contributed by atoms with E-state index in [1.807, 2.05) is 18.2 Å². The maximum absolute atomic E-state index is 11.0. The van der Waals surface area contributed by atoms with E-state index in [1.54, 1.807) is 24.8 Å². The average Bonchev–Trinajstić information content (AvgIpc) is 2.99. The van der Waals surface area contributed by atoms with Crippen LogP contribution >= 0.6 is 0 Å². The van der Waals surface area contributed by atoms with Crippen molar-refractivity contribution < 1.29 is 0 Å². The highest BCUT2D eigenvalue weighted by Crippen LogP contribution is 2.27. The molecule has 3 aromatic heterocycles. The summed E-state index contributed by atoms with van der Waals surface area (Å²) in [6.45, 7) is 0. The summed E-state index contributed by atoms with van der Waals surface area (Å²) in [6.07, 6.45) is 6.62. The van der Waals surface area contributed by atoms with Gasteiger partial charge < -0.3 is 9.97 Å². The lowest BCUT2D eigenvalue weighted by Crippen LogP contribution is -2.07. The molecule has 4 rings (SSSR count). The molecule has 0 unspecified atom stereocenters. The second-order valence-corrected chi connectivity index (χ2v) is 4.92. The smallest absolute Gasteiger partial charge is 0.344 e. The molecule has 6 heteroatoms.